The van der Waals surface area contributed by atoms with Crippen LogP contribution in [0.3, 0.4) is 0 Å². The van der Waals surface area contributed by atoms with Crippen molar-refractivity contribution >= 4 is 29.1 Å². The molecule has 0 saturated carbocycles. The quantitative estimate of drug-likeness (QED) is 0.860. The monoisotopic (exact) mass is 385 g/mol. The molecule has 1 unspecified atom stereocenters. The van der Waals surface area contributed by atoms with Crippen LogP contribution in [0.25, 0.3) is 0 Å². The van der Waals surface area contributed by atoms with Crippen molar-refractivity contribution < 1.29 is 4.79 Å². The highest BCUT2D eigenvalue weighted by Crippen LogP contribution is 2.36. The highest BCUT2D eigenvalue weighted by molar-refractivity contribution is 6.30. The van der Waals surface area contributed by atoms with Crippen LogP contribution in [0.2, 0.25) is 5.02 Å². The van der Waals surface area contributed by atoms with E-state index in [1.165, 1.54) is 0 Å². The largest absolute Gasteiger partial charge is 0.369 e. The van der Waals surface area contributed by atoms with E-state index in [1.807, 2.05) is 17.0 Å². The summed E-state index contributed by atoms with van der Waals surface area (Å²) in [6.45, 7) is 8.17. The molecule has 3 atom stereocenters. The van der Waals surface area contributed by atoms with Crippen LogP contribution in [0, 0.1) is 0 Å². The summed E-state index contributed by atoms with van der Waals surface area (Å²) in [5, 5.41) is 3.98. The molecule has 0 bridgehead atoms. The van der Waals surface area contributed by atoms with Crippen molar-refractivity contribution in [1.29, 1.82) is 0 Å². The third-order valence-electron chi connectivity index (χ3n) is 5.45. The van der Waals surface area contributed by atoms with Crippen LogP contribution in [-0.4, -0.2) is 52.5 Å². The zero-order valence-corrected chi connectivity index (χ0v) is 16.6. The van der Waals surface area contributed by atoms with Crippen molar-refractivity contribution in [2.24, 2.45) is 0 Å². The van der Waals surface area contributed by atoms with Crippen molar-refractivity contribution in [3.05, 3.63) is 46.7 Å². The van der Waals surface area contributed by atoms with E-state index in [9.17, 15) is 4.79 Å². The molecule has 0 aliphatic carbocycles. The van der Waals surface area contributed by atoms with Gasteiger partial charge in [-0.05, 0) is 32.0 Å². The number of nitrogens with one attached hydrogen (secondary N) is 1. The number of nitrogens with zero attached hydrogens (tertiary/aromatic N) is 4. The van der Waals surface area contributed by atoms with Gasteiger partial charge >= 0.3 is 0 Å². The van der Waals surface area contributed by atoms with E-state index in [1.54, 1.807) is 13.1 Å². The minimum absolute atomic E-state index is 0.134. The predicted molar refractivity (Wildman–Crippen MR) is 107 cm³/mol. The van der Waals surface area contributed by atoms with E-state index in [0.717, 1.165) is 42.5 Å². The summed E-state index contributed by atoms with van der Waals surface area (Å²) in [6, 6.07) is 8.46. The van der Waals surface area contributed by atoms with Gasteiger partial charge in [-0.1, -0.05) is 17.7 Å². The van der Waals surface area contributed by atoms with Gasteiger partial charge in [0.05, 0.1) is 10.7 Å². The Kier molecular flexibility index (Phi) is 4.68. The highest BCUT2D eigenvalue weighted by atomic mass is 35.5. The summed E-state index contributed by atoms with van der Waals surface area (Å²) in [5.74, 6) is 2.11. The Balaban J connectivity index is 1.60. The summed E-state index contributed by atoms with van der Waals surface area (Å²) in [5.41, 5.74) is 2.10. The van der Waals surface area contributed by atoms with Crippen molar-refractivity contribution in [1.82, 2.24) is 14.9 Å². The molecule has 2 aliphatic heterocycles. The van der Waals surface area contributed by atoms with E-state index >= 15 is 0 Å². The molecule has 2 aromatic rings. The molecule has 4 rings (SSSR count). The van der Waals surface area contributed by atoms with Crippen molar-refractivity contribution in [2.75, 3.05) is 29.9 Å². The van der Waals surface area contributed by atoms with Gasteiger partial charge in [-0.25, -0.2) is 9.97 Å². The second kappa shape index (κ2) is 7.00. The third-order valence-corrected chi connectivity index (χ3v) is 5.66. The minimum atomic E-state index is 0.134. The summed E-state index contributed by atoms with van der Waals surface area (Å²) in [6.07, 6.45) is 1.66. The second-order valence-electron chi connectivity index (χ2n) is 7.47. The number of carbonyl (C=O) groups excluding carboxylic acids is 1. The van der Waals surface area contributed by atoms with Gasteiger partial charge in [-0.3, -0.25) is 4.79 Å². The number of anilines is 2. The number of aromatic nitrogens is 2. The zero-order chi connectivity index (χ0) is 19.1. The number of hydrogen-bond acceptors (Lipinski definition) is 5. The van der Waals surface area contributed by atoms with Gasteiger partial charge in [0, 0.05) is 56.3 Å². The number of fused-ring (bicyclic) bond motifs is 1. The van der Waals surface area contributed by atoms with Crippen LogP contribution in [-0.2, 0) is 4.79 Å². The molecule has 6 nitrogen and oxygen atoms in total. The molecule has 4 heterocycles. The van der Waals surface area contributed by atoms with Gasteiger partial charge in [-0.15, -0.1) is 0 Å². The van der Waals surface area contributed by atoms with Gasteiger partial charge in [0.2, 0.25) is 5.91 Å². The van der Waals surface area contributed by atoms with Gasteiger partial charge < -0.3 is 15.1 Å². The molecular weight excluding hydrogens is 362 g/mol. The molecule has 7 heteroatoms. The highest BCUT2D eigenvalue weighted by Gasteiger charge is 2.32. The second-order valence-corrected chi connectivity index (χ2v) is 7.91. The van der Waals surface area contributed by atoms with Crippen LogP contribution in [0.5, 0.6) is 0 Å². The first-order valence-electron chi connectivity index (χ1n) is 9.34. The Morgan fingerprint density at radius 2 is 2.00 bits per heavy atom. The van der Waals surface area contributed by atoms with Gasteiger partial charge in [0.1, 0.15) is 11.6 Å². The Hall–Kier alpha value is -2.34. The van der Waals surface area contributed by atoms with E-state index in [0.29, 0.717) is 5.02 Å². The lowest BCUT2D eigenvalue weighted by atomic mass is 9.99. The van der Waals surface area contributed by atoms with Crippen LogP contribution in [0.15, 0.2) is 30.5 Å². The molecule has 0 aromatic carbocycles. The molecule has 1 amide bonds. The SMILES string of the molecule is CC(=O)N1[C@H](C)CN(c2cccc(C3CNc4ncc(Cl)cc43)n2)C[C@@H]1C. The van der Waals surface area contributed by atoms with Gasteiger partial charge in [-0.2, -0.15) is 0 Å². The molecule has 27 heavy (non-hydrogen) atoms. The number of amides is 1. The normalized spacial score (nSPS) is 24.5. The fourth-order valence-corrected chi connectivity index (χ4v) is 4.55. The first-order chi connectivity index (χ1) is 12.9. The summed E-state index contributed by atoms with van der Waals surface area (Å²) < 4.78 is 0. The van der Waals surface area contributed by atoms with Crippen LogP contribution < -0.4 is 10.2 Å². The van der Waals surface area contributed by atoms with Crippen LogP contribution in [0.4, 0.5) is 11.6 Å². The Morgan fingerprint density at radius 3 is 2.70 bits per heavy atom. The van der Waals surface area contributed by atoms with E-state index < -0.39 is 0 Å². The number of halogens is 1. The number of pyridine rings is 2. The topological polar surface area (TPSA) is 61.4 Å². The average molecular weight is 386 g/mol. The number of hydrogen-bond donors (Lipinski definition) is 1. The average Bonchev–Trinajstić information content (AvgIpc) is 3.04. The van der Waals surface area contributed by atoms with E-state index in [4.69, 9.17) is 16.6 Å². The molecule has 1 fully saturated rings. The number of carbonyl (C=O) groups is 1. The predicted octanol–water partition coefficient (Wildman–Crippen LogP) is 3.13. The molecule has 0 radical (unpaired) electrons. The summed E-state index contributed by atoms with van der Waals surface area (Å²) >= 11 is 6.15. The maximum Gasteiger partial charge on any atom is 0.220 e. The summed E-state index contributed by atoms with van der Waals surface area (Å²) in [4.78, 5) is 25.5. The Bertz CT molecular complexity index is 861. The molecule has 142 valence electrons. The lowest BCUT2D eigenvalue weighted by molar-refractivity contribution is -0.133. The maximum absolute atomic E-state index is 11.9. The maximum atomic E-state index is 11.9. The lowest BCUT2D eigenvalue weighted by Gasteiger charge is -2.44. The lowest BCUT2D eigenvalue weighted by Crippen LogP contribution is -2.58. The Morgan fingerprint density at radius 1 is 1.26 bits per heavy atom. The van der Waals surface area contributed by atoms with E-state index in [2.05, 4.69) is 41.2 Å². The first-order valence-corrected chi connectivity index (χ1v) is 9.72. The molecule has 2 aromatic heterocycles. The zero-order valence-electron chi connectivity index (χ0n) is 15.8. The van der Waals surface area contributed by atoms with Gasteiger partial charge in [0.25, 0.3) is 0 Å². The number of piperazine rings is 1. The summed E-state index contributed by atoms with van der Waals surface area (Å²) in [7, 11) is 0. The standard InChI is InChI=1S/C20H24ClN5O/c1-12-10-25(11-13(2)26(12)14(3)27)19-6-4-5-18(24-19)17-9-23-20-16(17)7-15(21)8-22-20/h4-8,12-13,17H,9-11H2,1-3H3,(H,22,23)/t12-,13+,17?. The smallest absolute Gasteiger partial charge is 0.220 e. The molecule has 2 aliphatic rings. The van der Waals surface area contributed by atoms with Crippen LogP contribution in [0.1, 0.15) is 37.9 Å². The fraction of sp³-hybridized carbons (Fsp3) is 0.450. The van der Waals surface area contributed by atoms with Crippen molar-refractivity contribution in [3.8, 4) is 0 Å². The molecule has 0 spiro atoms. The molecule has 1 N–H and O–H groups in total. The third kappa shape index (κ3) is 3.34. The van der Waals surface area contributed by atoms with E-state index in [-0.39, 0.29) is 23.9 Å². The number of rotatable bonds is 2. The molecular formula is C20H24ClN5O. The Labute approximate surface area is 164 Å². The van der Waals surface area contributed by atoms with Crippen LogP contribution >= 0.6 is 11.6 Å². The van der Waals surface area contributed by atoms with Crippen molar-refractivity contribution in [3.63, 3.8) is 0 Å². The first kappa shape index (κ1) is 18.0. The van der Waals surface area contributed by atoms with Gasteiger partial charge in [0.15, 0.2) is 0 Å². The molecule has 1 saturated heterocycles. The minimum Gasteiger partial charge on any atom is -0.369 e. The van der Waals surface area contributed by atoms with Crippen molar-refractivity contribution in [2.45, 2.75) is 38.8 Å². The fourth-order valence-electron chi connectivity index (χ4n) is 4.38.